The van der Waals surface area contributed by atoms with Gasteiger partial charge in [-0.2, -0.15) is 0 Å². The number of aliphatic carboxylic acids is 1. The molecule has 1 heterocycles. The van der Waals surface area contributed by atoms with Crippen LogP contribution in [0, 0.1) is 9.54 Å². The van der Waals surface area contributed by atoms with Crippen molar-refractivity contribution in [2.45, 2.75) is 19.1 Å². The van der Waals surface area contributed by atoms with E-state index in [0.717, 1.165) is 18.3 Å². The smallest absolute Gasteiger partial charge is 0.329 e. The van der Waals surface area contributed by atoms with Crippen molar-refractivity contribution in [1.82, 2.24) is 14.8 Å². The molecule has 0 bridgehead atoms. The number of aromatic amines is 2. The minimum Gasteiger partial charge on any atom is -0.480 e. The van der Waals surface area contributed by atoms with Gasteiger partial charge >= 0.3 is 5.97 Å². The van der Waals surface area contributed by atoms with Gasteiger partial charge in [0.1, 0.15) is 11.9 Å². The summed E-state index contributed by atoms with van der Waals surface area (Å²) < 4.78 is 8.33. The lowest BCUT2D eigenvalue weighted by Crippen LogP contribution is -2.50. The van der Waals surface area contributed by atoms with E-state index in [-0.39, 0.29) is 6.73 Å². The second-order valence-electron chi connectivity index (χ2n) is 7.16. The summed E-state index contributed by atoms with van der Waals surface area (Å²) in [6.07, 6.45) is -1.66. The molecule has 1 aromatic heterocycles. The van der Waals surface area contributed by atoms with E-state index >= 15 is 0 Å². The maximum Gasteiger partial charge on any atom is 0.329 e. The summed E-state index contributed by atoms with van der Waals surface area (Å²) in [6.45, 7) is 1.27. The third kappa shape index (κ3) is 5.66. The topological polar surface area (TPSA) is 136 Å². The molecule has 0 spiro atoms. The number of carbonyl (C=O) groups excluding carboxylic acids is 1. The fraction of sp³-hybridized carbons (Fsp3) is 0.238. The highest BCUT2D eigenvalue weighted by atomic mass is 32.1. The first kappa shape index (κ1) is 24.2. The van der Waals surface area contributed by atoms with Crippen molar-refractivity contribution < 1.29 is 24.5 Å². The second kappa shape index (κ2) is 10.4. The Morgan fingerprint density at radius 1 is 1.15 bits per heavy atom. The Balaban J connectivity index is 1.69. The summed E-state index contributed by atoms with van der Waals surface area (Å²) in [7, 11) is 1.49. The number of aromatic nitrogens is 3. The molecule has 0 saturated carbocycles. The minimum atomic E-state index is -1.66. The van der Waals surface area contributed by atoms with Crippen LogP contribution in [0.3, 0.4) is 0 Å². The fourth-order valence-electron chi connectivity index (χ4n) is 3.19. The fourth-order valence-corrected chi connectivity index (χ4v) is 3.74. The Labute approximate surface area is 199 Å². The zero-order valence-corrected chi connectivity index (χ0v) is 19.4. The predicted octanol–water partition coefficient (Wildman–Crippen LogP) is 2.88. The lowest BCUT2D eigenvalue weighted by Gasteiger charge is -2.29. The van der Waals surface area contributed by atoms with Crippen LogP contribution < -0.4 is 15.0 Å². The molecule has 0 fully saturated rings. The largest absolute Gasteiger partial charge is 0.480 e. The monoisotopic (exact) mass is 489 g/mol. The van der Waals surface area contributed by atoms with E-state index in [1.54, 1.807) is 28.8 Å². The summed E-state index contributed by atoms with van der Waals surface area (Å²) in [4.78, 5) is 24.5. The molecule has 0 aliphatic rings. The van der Waals surface area contributed by atoms with Crippen molar-refractivity contribution >= 4 is 47.6 Å². The number of H-pyrrole nitrogens is 2. The molecule has 0 amide bonds. The number of carboxylic acid groups (broad SMARTS) is 1. The number of carboxylic acids is 1. The van der Waals surface area contributed by atoms with Gasteiger partial charge in [-0.1, -0.05) is 12.1 Å². The van der Waals surface area contributed by atoms with Crippen molar-refractivity contribution in [3.05, 3.63) is 58.1 Å². The third-order valence-electron chi connectivity index (χ3n) is 4.91. The number of likely N-dealkylation sites (N-methyl/N-ethyl adjacent to an activating group) is 1. The maximum absolute atomic E-state index is 11.6. The van der Waals surface area contributed by atoms with Gasteiger partial charge < -0.3 is 25.2 Å². The van der Waals surface area contributed by atoms with Crippen molar-refractivity contribution in [3.63, 3.8) is 0 Å². The highest BCUT2D eigenvalue weighted by Gasteiger charge is 2.33. The number of benzene rings is 2. The standard InChI is InChI=1S/C21H23N5O5S2/c1-12(27)18(28)17(19(29)30)25(2)14-6-4-8-16(10-14)31-11-22-13-5-3-7-15(9-13)26-20(32)23-24-21(26)33/h3-10,17-18,22,28H,11H2,1-2H3,(H,23,32)(H,24,33)(H,29,30). The number of hydrogen-bond donors (Lipinski definition) is 5. The first-order valence-electron chi connectivity index (χ1n) is 9.80. The van der Waals surface area contributed by atoms with E-state index in [1.807, 2.05) is 24.3 Å². The molecule has 2 aromatic carbocycles. The molecule has 174 valence electrons. The van der Waals surface area contributed by atoms with Crippen molar-refractivity contribution in [2.24, 2.45) is 0 Å². The number of aliphatic hydroxyl groups excluding tert-OH is 1. The zero-order valence-electron chi connectivity index (χ0n) is 17.8. The molecule has 3 rings (SSSR count). The lowest BCUT2D eigenvalue weighted by molar-refractivity contribution is -0.144. The highest BCUT2D eigenvalue weighted by Crippen LogP contribution is 2.23. The van der Waals surface area contributed by atoms with E-state index < -0.39 is 23.9 Å². The minimum absolute atomic E-state index is 0.125. The number of Topliss-reactive ketones (excluding diaryl/α,β-unsaturated/α-hetero) is 1. The van der Waals surface area contributed by atoms with Crippen LogP contribution in [0.1, 0.15) is 6.92 Å². The molecule has 12 heteroatoms. The number of rotatable bonds is 10. The van der Waals surface area contributed by atoms with Crippen LogP contribution in [-0.4, -0.2) is 62.7 Å². The zero-order chi connectivity index (χ0) is 24.1. The molecule has 33 heavy (non-hydrogen) atoms. The van der Waals surface area contributed by atoms with Gasteiger partial charge in [-0.15, -0.1) is 0 Å². The van der Waals surface area contributed by atoms with Crippen LogP contribution in [0.25, 0.3) is 5.69 Å². The van der Waals surface area contributed by atoms with Gasteiger partial charge in [-0.3, -0.25) is 19.6 Å². The molecule has 2 atom stereocenters. The number of nitrogens with one attached hydrogen (secondary N) is 3. The Morgan fingerprint density at radius 2 is 1.82 bits per heavy atom. The van der Waals surface area contributed by atoms with Crippen LogP contribution in [0.4, 0.5) is 11.4 Å². The summed E-state index contributed by atoms with van der Waals surface area (Å²) >= 11 is 10.5. The molecule has 0 aliphatic carbocycles. The van der Waals surface area contributed by atoms with E-state index in [9.17, 15) is 19.8 Å². The highest BCUT2D eigenvalue weighted by molar-refractivity contribution is 7.72. The average molecular weight is 490 g/mol. The molecular formula is C21H23N5O5S2. The number of hydrogen-bond acceptors (Lipinski definition) is 8. The van der Waals surface area contributed by atoms with Crippen molar-refractivity contribution in [2.75, 3.05) is 24.0 Å². The van der Waals surface area contributed by atoms with Crippen molar-refractivity contribution in [3.8, 4) is 11.4 Å². The molecule has 3 aromatic rings. The van der Waals surface area contributed by atoms with Crippen LogP contribution in [-0.2, 0) is 9.59 Å². The second-order valence-corrected chi connectivity index (χ2v) is 7.93. The molecule has 5 N–H and O–H groups in total. The maximum atomic E-state index is 11.6. The molecule has 0 saturated heterocycles. The summed E-state index contributed by atoms with van der Waals surface area (Å²) in [5.74, 6) is -1.47. The third-order valence-corrected chi connectivity index (χ3v) is 5.48. The van der Waals surface area contributed by atoms with Crippen LogP contribution in [0.5, 0.6) is 5.75 Å². The van der Waals surface area contributed by atoms with Crippen LogP contribution in [0.2, 0.25) is 0 Å². The van der Waals surface area contributed by atoms with Gasteiger partial charge in [-0.25, -0.2) is 4.79 Å². The van der Waals surface area contributed by atoms with E-state index in [4.69, 9.17) is 29.2 Å². The Hall–Kier alpha value is -3.48. The Bertz CT molecular complexity index is 1240. The normalized spacial score (nSPS) is 12.6. The molecular weight excluding hydrogens is 466 g/mol. The van der Waals surface area contributed by atoms with Gasteiger partial charge in [0, 0.05) is 24.5 Å². The molecule has 10 nitrogen and oxygen atoms in total. The quantitative estimate of drug-likeness (QED) is 0.215. The first-order valence-corrected chi connectivity index (χ1v) is 10.6. The van der Waals surface area contributed by atoms with Gasteiger partial charge in [0.05, 0.1) is 5.69 Å². The van der Waals surface area contributed by atoms with Crippen LogP contribution >= 0.6 is 24.4 Å². The summed E-state index contributed by atoms with van der Waals surface area (Å²) in [5.41, 5.74) is 2.02. The van der Waals surface area contributed by atoms with Gasteiger partial charge in [0.25, 0.3) is 0 Å². The molecule has 0 aliphatic heterocycles. The summed E-state index contributed by atoms with van der Waals surface area (Å²) in [6, 6.07) is 12.7. The van der Waals surface area contributed by atoms with Gasteiger partial charge in [-0.05, 0) is 61.7 Å². The first-order chi connectivity index (χ1) is 15.7. The Morgan fingerprint density at radius 3 is 2.45 bits per heavy atom. The lowest BCUT2D eigenvalue weighted by atomic mass is 10.1. The van der Waals surface area contributed by atoms with E-state index in [1.165, 1.54) is 11.9 Å². The number of ketones is 1. The molecule has 2 unspecified atom stereocenters. The van der Waals surface area contributed by atoms with Crippen LogP contribution in [0.15, 0.2) is 48.5 Å². The number of nitrogens with zero attached hydrogens (tertiary/aromatic N) is 2. The molecule has 0 radical (unpaired) electrons. The number of aliphatic hydroxyl groups is 1. The number of ether oxygens (including phenoxy) is 1. The Kier molecular flexibility index (Phi) is 7.63. The summed E-state index contributed by atoms with van der Waals surface area (Å²) in [5, 5.41) is 28.2. The average Bonchev–Trinajstić information content (AvgIpc) is 3.11. The SMILES string of the molecule is CC(=O)C(O)C(C(=O)O)N(C)c1cccc(OCNc2cccc(-n3c(=S)[nH][nH]c3=S)c2)c1. The van der Waals surface area contributed by atoms with Crippen molar-refractivity contribution in [1.29, 1.82) is 0 Å². The van der Waals surface area contributed by atoms with Gasteiger partial charge in [0.2, 0.25) is 0 Å². The number of anilines is 2. The number of carbonyl (C=O) groups is 2. The van der Waals surface area contributed by atoms with E-state index in [0.29, 0.717) is 21.0 Å². The van der Waals surface area contributed by atoms with Gasteiger partial charge in [0.15, 0.2) is 28.1 Å². The van der Waals surface area contributed by atoms with E-state index in [2.05, 4.69) is 15.5 Å². The predicted molar refractivity (Wildman–Crippen MR) is 128 cm³/mol.